The zero-order valence-corrected chi connectivity index (χ0v) is 11.5. The van der Waals surface area contributed by atoms with Gasteiger partial charge in [-0.05, 0) is 48.4 Å². The monoisotopic (exact) mass is 235 g/mol. The van der Waals surface area contributed by atoms with E-state index in [0.717, 1.165) is 6.54 Å². The second-order valence-electron chi connectivity index (χ2n) is 5.01. The van der Waals surface area contributed by atoms with Crippen molar-refractivity contribution >= 4 is 11.8 Å². The van der Waals surface area contributed by atoms with E-state index in [9.17, 15) is 0 Å². The molecule has 88 valence electrons. The number of thioether (sulfide) groups is 1. The molecule has 0 unspecified atom stereocenters. The van der Waals surface area contributed by atoms with E-state index in [1.54, 1.807) is 5.56 Å². The second-order valence-corrected chi connectivity index (χ2v) is 5.85. The van der Waals surface area contributed by atoms with Crippen molar-refractivity contribution < 1.29 is 0 Å². The van der Waals surface area contributed by atoms with Crippen LogP contribution in [-0.2, 0) is 13.0 Å². The van der Waals surface area contributed by atoms with Gasteiger partial charge in [-0.2, -0.15) is 0 Å². The van der Waals surface area contributed by atoms with Crippen molar-refractivity contribution in [3.63, 3.8) is 0 Å². The molecule has 2 rings (SSSR count). The van der Waals surface area contributed by atoms with Gasteiger partial charge in [-0.15, -0.1) is 11.8 Å². The van der Waals surface area contributed by atoms with Crippen molar-refractivity contribution in [2.45, 2.75) is 37.6 Å². The molecule has 0 radical (unpaired) electrons. The second kappa shape index (κ2) is 4.80. The summed E-state index contributed by atoms with van der Waals surface area (Å²) in [7, 11) is 2.21. The molecule has 0 amide bonds. The molecule has 0 aromatic heterocycles. The summed E-state index contributed by atoms with van der Waals surface area (Å²) >= 11 is 1.88. The van der Waals surface area contributed by atoms with E-state index in [4.69, 9.17) is 0 Å². The van der Waals surface area contributed by atoms with Crippen LogP contribution in [0.2, 0.25) is 0 Å². The molecule has 1 heterocycles. The van der Waals surface area contributed by atoms with Crippen LogP contribution in [0.15, 0.2) is 17.0 Å². The lowest BCUT2D eigenvalue weighted by Gasteiger charge is -2.27. The Morgan fingerprint density at radius 1 is 1.25 bits per heavy atom. The first kappa shape index (κ1) is 12.0. The van der Waals surface area contributed by atoms with Gasteiger partial charge in [0.05, 0.1) is 0 Å². The fraction of sp³-hybridized carbons (Fsp3) is 0.571. The minimum Gasteiger partial charge on any atom is -0.302 e. The first-order chi connectivity index (χ1) is 7.61. The van der Waals surface area contributed by atoms with Crippen LogP contribution in [0, 0.1) is 0 Å². The van der Waals surface area contributed by atoms with Crippen LogP contribution in [0.4, 0.5) is 0 Å². The topological polar surface area (TPSA) is 3.24 Å². The van der Waals surface area contributed by atoms with E-state index in [1.807, 2.05) is 11.8 Å². The highest BCUT2D eigenvalue weighted by Gasteiger charge is 2.16. The molecule has 1 aliphatic rings. The highest BCUT2D eigenvalue weighted by Crippen LogP contribution is 2.32. The van der Waals surface area contributed by atoms with Crippen molar-refractivity contribution in [2.75, 3.05) is 19.8 Å². The lowest BCUT2D eigenvalue weighted by atomic mass is 9.93. The number of likely N-dealkylation sites (N-methyl/N-ethyl adjacent to an activating group) is 1. The lowest BCUT2D eigenvalue weighted by molar-refractivity contribution is 0.312. The van der Waals surface area contributed by atoms with Gasteiger partial charge in [0.2, 0.25) is 0 Å². The summed E-state index contributed by atoms with van der Waals surface area (Å²) < 4.78 is 0. The van der Waals surface area contributed by atoms with E-state index in [1.165, 1.54) is 29.0 Å². The van der Waals surface area contributed by atoms with Crippen molar-refractivity contribution in [2.24, 2.45) is 0 Å². The highest BCUT2D eigenvalue weighted by atomic mass is 32.2. The molecule has 0 fully saturated rings. The minimum absolute atomic E-state index is 0.632. The van der Waals surface area contributed by atoms with E-state index in [0.29, 0.717) is 5.92 Å². The van der Waals surface area contributed by atoms with Crippen molar-refractivity contribution in [3.8, 4) is 0 Å². The smallest absolute Gasteiger partial charge is 0.0233 e. The van der Waals surface area contributed by atoms with Crippen molar-refractivity contribution in [1.29, 1.82) is 0 Å². The summed E-state index contributed by atoms with van der Waals surface area (Å²) in [6.45, 7) is 6.89. The van der Waals surface area contributed by atoms with Gasteiger partial charge in [0.15, 0.2) is 0 Å². The molecule has 0 bridgehead atoms. The van der Waals surface area contributed by atoms with Gasteiger partial charge in [-0.25, -0.2) is 0 Å². The van der Waals surface area contributed by atoms with Gasteiger partial charge >= 0.3 is 0 Å². The fourth-order valence-corrected chi connectivity index (χ4v) is 3.17. The number of benzene rings is 1. The maximum absolute atomic E-state index is 2.44. The molecule has 0 saturated carbocycles. The Kier molecular flexibility index (Phi) is 3.60. The number of hydrogen-bond donors (Lipinski definition) is 0. The summed E-state index contributed by atoms with van der Waals surface area (Å²) in [5.74, 6) is 0.632. The fourth-order valence-electron chi connectivity index (χ4n) is 2.37. The third-order valence-electron chi connectivity index (χ3n) is 3.38. The van der Waals surface area contributed by atoms with Crippen molar-refractivity contribution in [1.82, 2.24) is 4.90 Å². The number of fused-ring (bicyclic) bond motifs is 1. The average Bonchev–Trinajstić information content (AvgIpc) is 2.26. The van der Waals surface area contributed by atoms with Crippen LogP contribution < -0.4 is 0 Å². The van der Waals surface area contributed by atoms with Crippen LogP contribution >= 0.6 is 11.8 Å². The molecular formula is C14H21NS. The van der Waals surface area contributed by atoms with E-state index in [2.05, 4.69) is 44.2 Å². The quantitative estimate of drug-likeness (QED) is 0.722. The number of hydrogen-bond acceptors (Lipinski definition) is 2. The third-order valence-corrected chi connectivity index (χ3v) is 4.17. The molecule has 1 aromatic rings. The predicted molar refractivity (Wildman–Crippen MR) is 72.4 cm³/mol. The van der Waals surface area contributed by atoms with E-state index >= 15 is 0 Å². The third kappa shape index (κ3) is 2.28. The molecule has 0 spiro atoms. The Morgan fingerprint density at radius 2 is 2.00 bits per heavy atom. The molecular weight excluding hydrogens is 214 g/mol. The Balaban J connectivity index is 2.44. The molecule has 1 nitrogen and oxygen atoms in total. The van der Waals surface area contributed by atoms with Crippen LogP contribution in [0.1, 0.15) is 36.5 Å². The molecule has 2 heteroatoms. The predicted octanol–water partition coefficient (Wildman–Crippen LogP) is 3.52. The number of nitrogens with zero attached hydrogens (tertiary/aromatic N) is 1. The highest BCUT2D eigenvalue weighted by molar-refractivity contribution is 7.98. The Bertz CT molecular complexity index is 385. The first-order valence-electron chi connectivity index (χ1n) is 6.00. The Hall–Kier alpha value is -0.470. The molecule has 0 atom stereocenters. The zero-order chi connectivity index (χ0) is 11.7. The largest absolute Gasteiger partial charge is 0.302 e. The van der Waals surface area contributed by atoms with E-state index in [-0.39, 0.29) is 0 Å². The van der Waals surface area contributed by atoms with Gasteiger partial charge in [0.1, 0.15) is 0 Å². The van der Waals surface area contributed by atoms with Gasteiger partial charge in [-0.3, -0.25) is 0 Å². The van der Waals surface area contributed by atoms with Crippen LogP contribution in [0.25, 0.3) is 0 Å². The molecule has 1 aliphatic heterocycles. The van der Waals surface area contributed by atoms with E-state index < -0.39 is 0 Å². The molecule has 1 aromatic carbocycles. The standard InChI is InChI=1S/C14H21NS/c1-10(2)13-7-11-5-6-15(3)9-12(11)8-14(13)16-4/h7-8,10H,5-6,9H2,1-4H3. The Morgan fingerprint density at radius 3 is 2.62 bits per heavy atom. The van der Waals surface area contributed by atoms with Crippen LogP contribution in [-0.4, -0.2) is 24.7 Å². The van der Waals surface area contributed by atoms with Crippen LogP contribution in [0.5, 0.6) is 0 Å². The summed E-state index contributed by atoms with van der Waals surface area (Å²) in [5, 5.41) is 0. The van der Waals surface area contributed by atoms with Gasteiger partial charge in [-0.1, -0.05) is 19.9 Å². The maximum atomic E-state index is 2.44. The first-order valence-corrected chi connectivity index (χ1v) is 7.22. The number of rotatable bonds is 2. The molecule has 0 aliphatic carbocycles. The van der Waals surface area contributed by atoms with Gasteiger partial charge in [0.25, 0.3) is 0 Å². The summed E-state index contributed by atoms with van der Waals surface area (Å²) in [5.41, 5.74) is 4.62. The average molecular weight is 235 g/mol. The SMILES string of the molecule is CSc1cc2c(cc1C(C)C)CCN(C)C2. The molecule has 16 heavy (non-hydrogen) atoms. The normalized spacial score (nSPS) is 16.6. The van der Waals surface area contributed by atoms with Crippen molar-refractivity contribution in [3.05, 3.63) is 28.8 Å². The zero-order valence-electron chi connectivity index (χ0n) is 10.7. The summed E-state index contributed by atoms with van der Waals surface area (Å²) in [6, 6.07) is 4.85. The minimum atomic E-state index is 0.632. The van der Waals surface area contributed by atoms with Gasteiger partial charge in [0, 0.05) is 18.0 Å². The summed E-state index contributed by atoms with van der Waals surface area (Å²) in [4.78, 5) is 3.87. The molecule has 0 saturated heterocycles. The summed E-state index contributed by atoms with van der Waals surface area (Å²) in [6.07, 6.45) is 3.39. The Labute approximate surface area is 103 Å². The maximum Gasteiger partial charge on any atom is 0.0233 e. The van der Waals surface area contributed by atoms with Crippen LogP contribution in [0.3, 0.4) is 0 Å². The molecule has 0 N–H and O–H groups in total. The lowest BCUT2D eigenvalue weighted by Crippen LogP contribution is -2.26. The van der Waals surface area contributed by atoms with Gasteiger partial charge < -0.3 is 4.90 Å².